The summed E-state index contributed by atoms with van der Waals surface area (Å²) in [5.41, 5.74) is 5.78. The van der Waals surface area contributed by atoms with Crippen LogP contribution in [0.15, 0.2) is 36.4 Å². The summed E-state index contributed by atoms with van der Waals surface area (Å²) in [4.78, 5) is 11.9. The number of aliphatic hydroxyl groups excluding tert-OH is 1. The second-order valence-electron chi connectivity index (χ2n) is 4.16. The highest BCUT2D eigenvalue weighted by molar-refractivity contribution is 6.05. The Balaban J connectivity index is 2.21. The second-order valence-corrected chi connectivity index (χ2v) is 4.16. The number of nitrogens with one attached hydrogen (secondary N) is 1. The van der Waals surface area contributed by atoms with Gasteiger partial charge in [0.1, 0.15) is 11.6 Å². The summed E-state index contributed by atoms with van der Waals surface area (Å²) in [5.74, 6) is -2.63. The molecular weight excluding hydrogens is 266 g/mol. The maximum atomic E-state index is 13.5. The maximum Gasteiger partial charge on any atom is 0.258 e. The van der Waals surface area contributed by atoms with Crippen molar-refractivity contribution >= 4 is 17.3 Å². The number of carbonyl (C=O) groups excluding carboxylic acids is 1. The molecule has 6 heteroatoms. The molecular formula is C14H12F2N2O2. The first-order chi connectivity index (χ1) is 9.51. The summed E-state index contributed by atoms with van der Waals surface area (Å²) in [5, 5.41) is 11.4. The summed E-state index contributed by atoms with van der Waals surface area (Å²) in [6, 6.07) is 7.87. The number of benzene rings is 2. The van der Waals surface area contributed by atoms with Crippen LogP contribution in [0.25, 0.3) is 0 Å². The molecule has 0 saturated heterocycles. The molecule has 0 aliphatic carbocycles. The number of nitrogens with two attached hydrogens (primary N) is 1. The quantitative estimate of drug-likeness (QED) is 0.754. The van der Waals surface area contributed by atoms with Crippen molar-refractivity contribution in [2.24, 2.45) is 0 Å². The third-order valence-electron chi connectivity index (χ3n) is 2.73. The first kappa shape index (κ1) is 14.0. The van der Waals surface area contributed by atoms with Gasteiger partial charge >= 0.3 is 0 Å². The zero-order chi connectivity index (χ0) is 14.7. The predicted molar refractivity (Wildman–Crippen MR) is 71.1 cm³/mol. The molecule has 0 saturated carbocycles. The fourth-order valence-electron chi connectivity index (χ4n) is 1.63. The largest absolute Gasteiger partial charge is 0.396 e. The van der Waals surface area contributed by atoms with Crippen molar-refractivity contribution in [2.45, 2.75) is 6.61 Å². The summed E-state index contributed by atoms with van der Waals surface area (Å²) in [7, 11) is 0. The highest BCUT2D eigenvalue weighted by atomic mass is 19.1. The molecule has 104 valence electrons. The van der Waals surface area contributed by atoms with Gasteiger partial charge in [-0.05, 0) is 23.8 Å². The van der Waals surface area contributed by atoms with Crippen molar-refractivity contribution in [1.29, 1.82) is 0 Å². The first-order valence-electron chi connectivity index (χ1n) is 5.77. The Hall–Kier alpha value is -2.47. The van der Waals surface area contributed by atoms with E-state index in [1.165, 1.54) is 0 Å². The Morgan fingerprint density at radius 3 is 2.40 bits per heavy atom. The molecule has 0 atom stereocenters. The fraction of sp³-hybridized carbons (Fsp3) is 0.0714. The van der Waals surface area contributed by atoms with Gasteiger partial charge in [-0.3, -0.25) is 4.79 Å². The number of rotatable bonds is 3. The minimum Gasteiger partial charge on any atom is -0.396 e. The zero-order valence-electron chi connectivity index (χ0n) is 10.4. The van der Waals surface area contributed by atoms with Gasteiger partial charge in [0.05, 0.1) is 17.9 Å². The van der Waals surface area contributed by atoms with E-state index in [9.17, 15) is 13.6 Å². The van der Waals surface area contributed by atoms with Crippen LogP contribution in [0.2, 0.25) is 0 Å². The lowest BCUT2D eigenvalue weighted by Crippen LogP contribution is -2.14. The normalized spacial score (nSPS) is 10.3. The summed E-state index contributed by atoms with van der Waals surface area (Å²) in [6.07, 6.45) is 0. The molecule has 0 heterocycles. The Morgan fingerprint density at radius 2 is 1.80 bits per heavy atom. The molecule has 0 unspecified atom stereocenters. The smallest absolute Gasteiger partial charge is 0.258 e. The van der Waals surface area contributed by atoms with Crippen molar-refractivity contribution in [3.8, 4) is 0 Å². The van der Waals surface area contributed by atoms with E-state index in [1.54, 1.807) is 24.3 Å². The van der Waals surface area contributed by atoms with Crippen LogP contribution in [0.5, 0.6) is 0 Å². The molecule has 0 aromatic heterocycles. The SMILES string of the molecule is Nc1cc(C(=O)Nc2ccc(CO)cc2)c(F)cc1F. The van der Waals surface area contributed by atoms with Crippen molar-refractivity contribution in [2.75, 3.05) is 11.1 Å². The van der Waals surface area contributed by atoms with E-state index in [0.29, 0.717) is 17.3 Å². The molecule has 0 aliphatic heterocycles. The van der Waals surface area contributed by atoms with Crippen molar-refractivity contribution in [3.05, 3.63) is 59.2 Å². The molecule has 0 fully saturated rings. The van der Waals surface area contributed by atoms with Crippen LogP contribution in [0, 0.1) is 11.6 Å². The van der Waals surface area contributed by atoms with Gasteiger partial charge in [0, 0.05) is 11.8 Å². The maximum absolute atomic E-state index is 13.5. The molecule has 0 aliphatic rings. The number of carbonyl (C=O) groups is 1. The van der Waals surface area contributed by atoms with Crippen LogP contribution < -0.4 is 11.1 Å². The molecule has 2 aromatic rings. The Bertz CT molecular complexity index is 642. The van der Waals surface area contributed by atoms with Gasteiger partial charge in [0.15, 0.2) is 0 Å². The lowest BCUT2D eigenvalue weighted by Gasteiger charge is -2.08. The van der Waals surface area contributed by atoms with Crippen LogP contribution in [0.4, 0.5) is 20.2 Å². The summed E-state index contributed by atoms with van der Waals surface area (Å²) < 4.78 is 26.5. The minimum atomic E-state index is -0.985. The zero-order valence-corrected chi connectivity index (χ0v) is 10.4. The van der Waals surface area contributed by atoms with Gasteiger partial charge in [0.25, 0.3) is 5.91 Å². The number of aliphatic hydroxyl groups is 1. The molecule has 4 nitrogen and oxygen atoms in total. The number of amides is 1. The fourth-order valence-corrected chi connectivity index (χ4v) is 1.63. The van der Waals surface area contributed by atoms with Crippen LogP contribution >= 0.6 is 0 Å². The van der Waals surface area contributed by atoms with E-state index in [4.69, 9.17) is 10.8 Å². The molecule has 0 bridgehead atoms. The van der Waals surface area contributed by atoms with Gasteiger partial charge in [0.2, 0.25) is 0 Å². The van der Waals surface area contributed by atoms with Gasteiger partial charge in [-0.25, -0.2) is 8.78 Å². The van der Waals surface area contributed by atoms with E-state index in [-0.39, 0.29) is 17.9 Å². The predicted octanol–water partition coefficient (Wildman–Crippen LogP) is 2.29. The number of nitrogen functional groups attached to an aromatic ring is 1. The second kappa shape index (κ2) is 5.66. The molecule has 0 radical (unpaired) electrons. The number of hydrogen-bond donors (Lipinski definition) is 3. The van der Waals surface area contributed by atoms with Crippen LogP contribution in [-0.4, -0.2) is 11.0 Å². The third-order valence-corrected chi connectivity index (χ3v) is 2.73. The van der Waals surface area contributed by atoms with E-state index < -0.39 is 17.5 Å². The van der Waals surface area contributed by atoms with Crippen molar-refractivity contribution in [1.82, 2.24) is 0 Å². The molecule has 4 N–H and O–H groups in total. The average molecular weight is 278 g/mol. The van der Waals surface area contributed by atoms with E-state index in [0.717, 1.165) is 6.07 Å². The van der Waals surface area contributed by atoms with Gasteiger partial charge in [-0.2, -0.15) is 0 Å². The highest BCUT2D eigenvalue weighted by Gasteiger charge is 2.15. The molecule has 2 rings (SSSR count). The number of anilines is 2. The van der Waals surface area contributed by atoms with E-state index in [1.807, 2.05) is 0 Å². The van der Waals surface area contributed by atoms with Gasteiger partial charge in [-0.15, -0.1) is 0 Å². The Morgan fingerprint density at radius 1 is 1.15 bits per heavy atom. The monoisotopic (exact) mass is 278 g/mol. The molecule has 20 heavy (non-hydrogen) atoms. The number of halogens is 2. The first-order valence-corrected chi connectivity index (χ1v) is 5.77. The van der Waals surface area contributed by atoms with Crippen molar-refractivity contribution in [3.63, 3.8) is 0 Å². The molecule has 2 aromatic carbocycles. The van der Waals surface area contributed by atoms with Gasteiger partial charge < -0.3 is 16.2 Å². The highest BCUT2D eigenvalue weighted by Crippen LogP contribution is 2.18. The molecule has 0 spiro atoms. The lowest BCUT2D eigenvalue weighted by atomic mass is 10.1. The summed E-state index contributed by atoms with van der Waals surface area (Å²) in [6.45, 7) is -0.114. The minimum absolute atomic E-state index is 0.114. The molecule has 1 amide bonds. The van der Waals surface area contributed by atoms with Crippen LogP contribution in [0.3, 0.4) is 0 Å². The van der Waals surface area contributed by atoms with Gasteiger partial charge in [-0.1, -0.05) is 12.1 Å². The topological polar surface area (TPSA) is 75.4 Å². The van der Waals surface area contributed by atoms with Crippen LogP contribution in [0.1, 0.15) is 15.9 Å². The number of hydrogen-bond acceptors (Lipinski definition) is 3. The standard InChI is InChI=1S/C14H12F2N2O2/c15-11-6-12(16)13(17)5-10(11)14(20)18-9-3-1-8(7-19)2-4-9/h1-6,19H,7,17H2,(H,18,20). The van der Waals surface area contributed by atoms with Crippen molar-refractivity contribution < 1.29 is 18.7 Å². The lowest BCUT2D eigenvalue weighted by molar-refractivity contribution is 0.102. The van der Waals surface area contributed by atoms with Crippen LogP contribution in [-0.2, 0) is 6.61 Å². The Labute approximate surface area is 113 Å². The van der Waals surface area contributed by atoms with E-state index >= 15 is 0 Å². The Kier molecular flexibility index (Phi) is 3.95. The summed E-state index contributed by atoms with van der Waals surface area (Å²) >= 11 is 0. The average Bonchev–Trinajstić information content (AvgIpc) is 2.43. The van der Waals surface area contributed by atoms with E-state index in [2.05, 4.69) is 5.32 Å². The third kappa shape index (κ3) is 2.92.